The molecule has 0 radical (unpaired) electrons. The minimum absolute atomic E-state index is 0.139. The van der Waals surface area contributed by atoms with E-state index in [9.17, 15) is 10.1 Å². The number of esters is 1. The molecule has 124 valence electrons. The number of carbonyl (C=O) groups excluding carboxylic acids is 1. The first-order valence-corrected chi connectivity index (χ1v) is 7.93. The van der Waals surface area contributed by atoms with Crippen molar-refractivity contribution in [3.63, 3.8) is 0 Å². The van der Waals surface area contributed by atoms with Gasteiger partial charge < -0.3 is 4.74 Å². The number of ether oxygens (including phenoxy) is 1. The van der Waals surface area contributed by atoms with Gasteiger partial charge in [0, 0.05) is 10.6 Å². The largest absolute Gasteiger partial charge is 0.459 e. The topological polar surface area (TPSA) is 67.9 Å². The number of hydrogen-bond acceptors (Lipinski definition) is 4. The van der Waals surface area contributed by atoms with Crippen molar-refractivity contribution in [3.05, 3.63) is 51.3 Å². The minimum Gasteiger partial charge on any atom is -0.459 e. The van der Waals surface area contributed by atoms with Gasteiger partial charge in [-0.2, -0.15) is 10.4 Å². The fourth-order valence-electron chi connectivity index (χ4n) is 2.01. The van der Waals surface area contributed by atoms with Crippen LogP contribution in [0.25, 0.3) is 11.8 Å². The van der Waals surface area contributed by atoms with Crippen molar-refractivity contribution in [3.8, 4) is 11.8 Å². The third-order valence-electron chi connectivity index (χ3n) is 3.07. The molecule has 0 atom stereocenters. The highest BCUT2D eigenvalue weighted by molar-refractivity contribution is 6.32. The highest BCUT2D eigenvalue weighted by atomic mass is 35.5. The first kappa shape index (κ1) is 18.1. The van der Waals surface area contributed by atoms with Gasteiger partial charge in [0.05, 0.1) is 17.5 Å². The Balaban J connectivity index is 2.47. The molecule has 1 aromatic carbocycles. The SMILES string of the molecule is Cc1nn(-c2cccc(Cl)c2)c(Cl)c1/C=C(\C#N)C(=O)OC(C)C. The molecule has 0 unspecified atom stereocenters. The quantitative estimate of drug-likeness (QED) is 0.460. The number of aromatic nitrogens is 2. The Bertz CT molecular complexity index is 848. The third-order valence-corrected chi connectivity index (χ3v) is 3.67. The molecule has 0 saturated carbocycles. The number of nitriles is 1. The molecule has 0 saturated heterocycles. The molecule has 5 nitrogen and oxygen atoms in total. The Morgan fingerprint density at radius 2 is 2.12 bits per heavy atom. The first-order valence-electron chi connectivity index (χ1n) is 7.17. The average Bonchev–Trinajstić information content (AvgIpc) is 2.79. The fourth-order valence-corrected chi connectivity index (χ4v) is 2.52. The third kappa shape index (κ3) is 3.97. The van der Waals surface area contributed by atoms with E-state index in [0.29, 0.717) is 22.0 Å². The summed E-state index contributed by atoms with van der Waals surface area (Å²) in [7, 11) is 0. The number of nitrogens with zero attached hydrogens (tertiary/aromatic N) is 3. The highest BCUT2D eigenvalue weighted by Gasteiger charge is 2.18. The zero-order valence-corrected chi connectivity index (χ0v) is 14.9. The summed E-state index contributed by atoms with van der Waals surface area (Å²) in [5.74, 6) is -0.696. The lowest BCUT2D eigenvalue weighted by molar-refractivity contribution is -0.142. The fraction of sp³-hybridized carbons (Fsp3) is 0.235. The van der Waals surface area contributed by atoms with Gasteiger partial charge in [-0.05, 0) is 45.0 Å². The van der Waals surface area contributed by atoms with Gasteiger partial charge in [0.2, 0.25) is 0 Å². The number of carbonyl (C=O) groups is 1. The molecule has 1 aromatic heterocycles. The van der Waals surface area contributed by atoms with Crippen LogP contribution in [-0.2, 0) is 9.53 Å². The number of aryl methyl sites for hydroxylation is 1. The smallest absolute Gasteiger partial charge is 0.349 e. The van der Waals surface area contributed by atoms with Crippen LogP contribution in [0, 0.1) is 18.3 Å². The maximum absolute atomic E-state index is 11.9. The van der Waals surface area contributed by atoms with E-state index in [1.165, 1.54) is 10.8 Å². The molecule has 0 bridgehead atoms. The van der Waals surface area contributed by atoms with E-state index in [-0.39, 0.29) is 16.8 Å². The number of benzene rings is 1. The molecule has 0 aliphatic heterocycles. The monoisotopic (exact) mass is 363 g/mol. The van der Waals surface area contributed by atoms with Crippen LogP contribution in [0.1, 0.15) is 25.1 Å². The van der Waals surface area contributed by atoms with E-state index in [1.54, 1.807) is 45.0 Å². The van der Waals surface area contributed by atoms with Gasteiger partial charge in [0.25, 0.3) is 0 Å². The van der Waals surface area contributed by atoms with Crippen molar-refractivity contribution < 1.29 is 9.53 Å². The van der Waals surface area contributed by atoms with Crippen LogP contribution >= 0.6 is 23.2 Å². The van der Waals surface area contributed by atoms with E-state index in [2.05, 4.69) is 5.10 Å². The zero-order valence-electron chi connectivity index (χ0n) is 13.4. The van der Waals surface area contributed by atoms with Crippen LogP contribution in [0.2, 0.25) is 10.2 Å². The van der Waals surface area contributed by atoms with Crippen molar-refractivity contribution in [2.24, 2.45) is 0 Å². The van der Waals surface area contributed by atoms with Crippen LogP contribution in [0.15, 0.2) is 29.8 Å². The molecule has 0 N–H and O–H groups in total. The molecular weight excluding hydrogens is 349 g/mol. The van der Waals surface area contributed by atoms with E-state index >= 15 is 0 Å². The normalized spacial score (nSPS) is 11.5. The van der Waals surface area contributed by atoms with Crippen LogP contribution in [0.3, 0.4) is 0 Å². The van der Waals surface area contributed by atoms with Gasteiger partial charge in [0.1, 0.15) is 16.8 Å². The number of rotatable bonds is 4. The van der Waals surface area contributed by atoms with Crippen molar-refractivity contribution in [2.75, 3.05) is 0 Å². The minimum atomic E-state index is -0.696. The molecule has 7 heteroatoms. The summed E-state index contributed by atoms with van der Waals surface area (Å²) in [6, 6.07) is 8.87. The van der Waals surface area contributed by atoms with Crippen molar-refractivity contribution in [1.82, 2.24) is 9.78 Å². The predicted octanol–water partition coefficient (Wildman–Crippen LogP) is 4.35. The Morgan fingerprint density at radius 3 is 2.71 bits per heavy atom. The van der Waals surface area contributed by atoms with Crippen molar-refractivity contribution >= 4 is 35.2 Å². The Hall–Kier alpha value is -2.29. The molecule has 0 fully saturated rings. The lowest BCUT2D eigenvalue weighted by Gasteiger charge is -2.06. The molecule has 1 heterocycles. The maximum Gasteiger partial charge on any atom is 0.349 e. The van der Waals surface area contributed by atoms with Gasteiger partial charge in [-0.1, -0.05) is 29.3 Å². The van der Waals surface area contributed by atoms with E-state index in [0.717, 1.165) is 0 Å². The summed E-state index contributed by atoms with van der Waals surface area (Å²) < 4.78 is 6.54. The van der Waals surface area contributed by atoms with E-state index in [1.807, 2.05) is 6.07 Å². The summed E-state index contributed by atoms with van der Waals surface area (Å²) in [5, 5.41) is 14.4. The number of halogens is 2. The lowest BCUT2D eigenvalue weighted by atomic mass is 10.1. The lowest BCUT2D eigenvalue weighted by Crippen LogP contribution is -2.12. The average molecular weight is 364 g/mol. The Kier molecular flexibility index (Phi) is 5.66. The Morgan fingerprint density at radius 1 is 1.42 bits per heavy atom. The van der Waals surface area contributed by atoms with Gasteiger partial charge >= 0.3 is 5.97 Å². The van der Waals surface area contributed by atoms with Gasteiger partial charge in [-0.25, -0.2) is 9.48 Å². The summed E-state index contributed by atoms with van der Waals surface area (Å²) in [5.41, 5.74) is 1.59. The predicted molar refractivity (Wildman–Crippen MR) is 93.1 cm³/mol. The molecule has 0 aliphatic carbocycles. The standard InChI is InChI=1S/C17H15Cl2N3O2/c1-10(2)24-17(23)12(9-20)7-15-11(3)21-22(16(15)19)14-6-4-5-13(18)8-14/h4-8,10H,1-3H3/b12-7+. The molecule has 0 aliphatic rings. The van der Waals surface area contributed by atoms with Gasteiger partial charge in [0.15, 0.2) is 0 Å². The zero-order chi connectivity index (χ0) is 17.9. The summed E-state index contributed by atoms with van der Waals surface area (Å²) in [4.78, 5) is 11.9. The second kappa shape index (κ2) is 7.52. The maximum atomic E-state index is 11.9. The van der Waals surface area contributed by atoms with E-state index < -0.39 is 5.97 Å². The van der Waals surface area contributed by atoms with Crippen molar-refractivity contribution in [1.29, 1.82) is 5.26 Å². The summed E-state index contributed by atoms with van der Waals surface area (Å²) >= 11 is 12.4. The highest BCUT2D eigenvalue weighted by Crippen LogP contribution is 2.27. The van der Waals surface area contributed by atoms with Crippen molar-refractivity contribution in [2.45, 2.75) is 26.9 Å². The van der Waals surface area contributed by atoms with Crippen LogP contribution in [0.5, 0.6) is 0 Å². The molecule has 0 spiro atoms. The summed E-state index contributed by atoms with van der Waals surface area (Å²) in [6.07, 6.45) is 1.07. The van der Waals surface area contributed by atoms with Gasteiger partial charge in [-0.15, -0.1) is 0 Å². The molecule has 0 amide bonds. The second-order valence-electron chi connectivity index (χ2n) is 5.31. The van der Waals surface area contributed by atoms with Crippen LogP contribution in [-0.4, -0.2) is 21.9 Å². The van der Waals surface area contributed by atoms with Crippen LogP contribution in [0.4, 0.5) is 0 Å². The second-order valence-corrected chi connectivity index (χ2v) is 6.10. The Labute approximate surface area is 150 Å². The number of hydrogen-bond donors (Lipinski definition) is 0. The molecular formula is C17H15Cl2N3O2. The van der Waals surface area contributed by atoms with Gasteiger partial charge in [-0.3, -0.25) is 0 Å². The first-order chi connectivity index (χ1) is 11.3. The summed E-state index contributed by atoms with van der Waals surface area (Å²) in [6.45, 7) is 5.16. The molecule has 2 aromatic rings. The van der Waals surface area contributed by atoms with E-state index in [4.69, 9.17) is 27.9 Å². The molecule has 24 heavy (non-hydrogen) atoms. The van der Waals surface area contributed by atoms with Crippen LogP contribution < -0.4 is 0 Å². The molecule has 2 rings (SSSR count).